The molecular weight excluding hydrogens is 374 g/mol. The van der Waals surface area contributed by atoms with Crippen LogP contribution in [0, 0.1) is 0 Å². The highest BCUT2D eigenvalue weighted by molar-refractivity contribution is 7.89. The van der Waals surface area contributed by atoms with Crippen LogP contribution in [0.25, 0.3) is 0 Å². The van der Waals surface area contributed by atoms with E-state index in [9.17, 15) is 13.2 Å². The maximum atomic E-state index is 12.4. The molecule has 1 amide bonds. The molecule has 0 aliphatic carbocycles. The fourth-order valence-corrected chi connectivity index (χ4v) is 4.02. The monoisotopic (exact) mass is 393 g/mol. The number of amides is 1. The second-order valence-electron chi connectivity index (χ2n) is 6.32. The maximum absolute atomic E-state index is 12.4. The van der Waals surface area contributed by atoms with Crippen molar-refractivity contribution in [3.05, 3.63) is 58.6 Å². The summed E-state index contributed by atoms with van der Waals surface area (Å²) < 4.78 is 22.9. The Morgan fingerprint density at radius 2 is 2.04 bits per heavy atom. The van der Waals surface area contributed by atoms with E-state index >= 15 is 0 Å². The van der Waals surface area contributed by atoms with E-state index in [0.29, 0.717) is 18.0 Å². The highest BCUT2D eigenvalue weighted by Crippen LogP contribution is 2.30. The lowest BCUT2D eigenvalue weighted by Crippen LogP contribution is -2.37. The molecule has 0 radical (unpaired) electrons. The summed E-state index contributed by atoms with van der Waals surface area (Å²) in [5, 5.41) is 8.73. The Kier molecular flexibility index (Phi) is 5.22. The van der Waals surface area contributed by atoms with Gasteiger partial charge in [0, 0.05) is 17.3 Å². The summed E-state index contributed by atoms with van der Waals surface area (Å²) in [5.74, 6) is -0.124. The zero-order valence-electron chi connectivity index (χ0n) is 14.3. The van der Waals surface area contributed by atoms with Crippen molar-refractivity contribution in [2.24, 2.45) is 5.14 Å². The number of carbonyl (C=O) groups excluding carboxylic acids is 1. The first-order valence-corrected chi connectivity index (χ1v) is 10.1. The predicted molar refractivity (Wildman–Crippen MR) is 102 cm³/mol. The number of nitrogens with two attached hydrogens (primary N) is 1. The average molecular weight is 394 g/mol. The Morgan fingerprint density at radius 3 is 2.73 bits per heavy atom. The lowest BCUT2D eigenvalue weighted by atomic mass is 10.1. The van der Waals surface area contributed by atoms with Gasteiger partial charge in [-0.3, -0.25) is 4.79 Å². The second-order valence-corrected chi connectivity index (χ2v) is 8.29. The summed E-state index contributed by atoms with van der Waals surface area (Å²) in [7, 11) is -3.73. The Hall–Kier alpha value is -2.09. The van der Waals surface area contributed by atoms with Crippen LogP contribution in [0.3, 0.4) is 0 Å². The molecule has 2 aromatic rings. The topological polar surface area (TPSA) is 92.5 Å². The fourth-order valence-electron chi connectivity index (χ4n) is 3.15. The minimum absolute atomic E-state index is 0.0925. The molecule has 0 saturated heterocycles. The molecule has 0 bridgehead atoms. The molecule has 1 aliphatic heterocycles. The van der Waals surface area contributed by atoms with Crippen molar-refractivity contribution in [2.45, 2.75) is 24.3 Å². The van der Waals surface area contributed by atoms with Crippen molar-refractivity contribution in [1.29, 1.82) is 0 Å². The number of nitrogens with zero attached hydrogens (tertiary/aromatic N) is 1. The maximum Gasteiger partial charge on any atom is 0.239 e. The van der Waals surface area contributed by atoms with Crippen molar-refractivity contribution in [1.82, 2.24) is 5.32 Å². The van der Waals surface area contributed by atoms with E-state index in [1.165, 1.54) is 6.07 Å². The Balaban J connectivity index is 1.68. The fraction of sp³-hybridized carbons (Fsp3) is 0.278. The third-order valence-corrected chi connectivity index (χ3v) is 5.71. The van der Waals surface area contributed by atoms with E-state index in [0.717, 1.165) is 16.8 Å². The number of anilines is 1. The third kappa shape index (κ3) is 4.00. The molecule has 1 aliphatic rings. The third-order valence-electron chi connectivity index (χ3n) is 4.45. The number of fused-ring (bicyclic) bond motifs is 1. The number of primary sulfonamides is 1. The zero-order valence-corrected chi connectivity index (χ0v) is 15.8. The molecule has 0 spiro atoms. The first-order chi connectivity index (χ1) is 12.3. The second kappa shape index (κ2) is 7.26. The minimum atomic E-state index is -3.73. The normalized spacial score (nSPS) is 14.8. The molecular formula is C18H20ClN3O3S. The number of carbonyl (C=O) groups is 1. The van der Waals surface area contributed by atoms with Crippen LogP contribution in [0.15, 0.2) is 47.4 Å². The van der Waals surface area contributed by atoms with Gasteiger partial charge in [-0.15, -0.1) is 0 Å². The zero-order chi connectivity index (χ0) is 18.9. The van der Waals surface area contributed by atoms with Gasteiger partial charge in [-0.1, -0.05) is 29.8 Å². The van der Waals surface area contributed by atoms with E-state index in [1.54, 1.807) is 18.2 Å². The summed E-state index contributed by atoms with van der Waals surface area (Å²) >= 11 is 6.17. The van der Waals surface area contributed by atoms with Gasteiger partial charge in [-0.2, -0.15) is 0 Å². The van der Waals surface area contributed by atoms with Crippen molar-refractivity contribution in [3.63, 3.8) is 0 Å². The van der Waals surface area contributed by atoms with Crippen LogP contribution < -0.4 is 15.4 Å². The van der Waals surface area contributed by atoms with E-state index < -0.39 is 10.0 Å². The van der Waals surface area contributed by atoms with Crippen LogP contribution in [0.5, 0.6) is 0 Å². The van der Waals surface area contributed by atoms with E-state index in [-0.39, 0.29) is 23.4 Å². The van der Waals surface area contributed by atoms with Gasteiger partial charge in [0.25, 0.3) is 0 Å². The summed E-state index contributed by atoms with van der Waals surface area (Å²) in [6.07, 6.45) is 0.673. The molecule has 3 rings (SSSR count). The molecule has 3 N–H and O–H groups in total. The number of rotatable bonds is 5. The summed E-state index contributed by atoms with van der Waals surface area (Å²) in [6.45, 7) is 2.73. The smallest absolute Gasteiger partial charge is 0.239 e. The Morgan fingerprint density at radius 1 is 1.31 bits per heavy atom. The molecule has 138 valence electrons. The predicted octanol–water partition coefficient (Wildman–Crippen LogP) is 2.23. The number of benzene rings is 2. The van der Waals surface area contributed by atoms with E-state index in [2.05, 4.69) is 5.32 Å². The lowest BCUT2D eigenvalue weighted by molar-refractivity contribution is -0.120. The first-order valence-electron chi connectivity index (χ1n) is 8.20. The number of sulfonamides is 1. The quantitative estimate of drug-likeness (QED) is 0.814. The van der Waals surface area contributed by atoms with E-state index in [4.69, 9.17) is 16.7 Å². The average Bonchev–Trinajstić information content (AvgIpc) is 2.96. The van der Waals surface area contributed by atoms with Crippen LogP contribution >= 0.6 is 11.6 Å². The molecule has 2 aromatic carbocycles. The van der Waals surface area contributed by atoms with Gasteiger partial charge in [0.2, 0.25) is 15.9 Å². The number of hydrogen-bond donors (Lipinski definition) is 2. The summed E-state index contributed by atoms with van der Waals surface area (Å²) in [6, 6.07) is 11.9. The number of nitrogens with one attached hydrogen (secondary N) is 1. The first kappa shape index (κ1) is 18.7. The summed E-state index contributed by atoms with van der Waals surface area (Å²) in [4.78, 5) is 14.4. The summed E-state index contributed by atoms with van der Waals surface area (Å²) in [5.41, 5.74) is 2.60. The van der Waals surface area contributed by atoms with Gasteiger partial charge < -0.3 is 10.2 Å². The van der Waals surface area contributed by atoms with Crippen molar-refractivity contribution >= 4 is 33.2 Å². The molecule has 1 atom stereocenters. The van der Waals surface area contributed by atoms with Crippen LogP contribution in [-0.2, 0) is 21.2 Å². The van der Waals surface area contributed by atoms with Gasteiger partial charge in [0.05, 0.1) is 17.5 Å². The van der Waals surface area contributed by atoms with Crippen molar-refractivity contribution in [2.75, 3.05) is 18.0 Å². The van der Waals surface area contributed by atoms with Crippen LogP contribution in [0.2, 0.25) is 5.02 Å². The molecule has 0 aromatic heterocycles. The molecule has 0 unspecified atom stereocenters. The van der Waals surface area contributed by atoms with E-state index in [1.807, 2.05) is 30.0 Å². The molecule has 8 heteroatoms. The molecule has 26 heavy (non-hydrogen) atoms. The highest BCUT2D eigenvalue weighted by Gasteiger charge is 2.23. The minimum Gasteiger partial charge on any atom is -0.362 e. The largest absolute Gasteiger partial charge is 0.362 e. The van der Waals surface area contributed by atoms with Crippen molar-refractivity contribution in [3.8, 4) is 0 Å². The van der Waals surface area contributed by atoms with Crippen molar-refractivity contribution < 1.29 is 13.2 Å². The van der Waals surface area contributed by atoms with Crippen LogP contribution in [-0.4, -0.2) is 27.4 Å². The van der Waals surface area contributed by atoms with Gasteiger partial charge in [-0.05, 0) is 48.7 Å². The number of halogens is 1. The van der Waals surface area contributed by atoms with Gasteiger partial charge in [0.15, 0.2) is 0 Å². The Labute approximate surface area is 158 Å². The molecule has 0 saturated carbocycles. The van der Waals surface area contributed by atoms with Gasteiger partial charge >= 0.3 is 0 Å². The van der Waals surface area contributed by atoms with Crippen LogP contribution in [0.4, 0.5) is 5.69 Å². The van der Waals surface area contributed by atoms with Gasteiger partial charge in [0.1, 0.15) is 0 Å². The molecule has 1 heterocycles. The molecule has 0 fully saturated rings. The van der Waals surface area contributed by atoms with Crippen LogP contribution in [0.1, 0.15) is 24.1 Å². The standard InChI is InChI=1S/C18H20ClN3O3S/c1-12(15-4-2-3-5-16(15)19)21-18(23)11-22-9-8-13-10-14(26(20,24)25)6-7-17(13)22/h2-7,10,12H,8-9,11H2,1H3,(H,21,23)(H2,20,24,25)/t12-/m0/s1. The highest BCUT2D eigenvalue weighted by atomic mass is 35.5. The van der Waals surface area contributed by atoms with Gasteiger partial charge in [-0.25, -0.2) is 13.6 Å². The number of hydrogen-bond acceptors (Lipinski definition) is 4. The SMILES string of the molecule is C[C@H](NC(=O)CN1CCc2cc(S(N)(=O)=O)ccc21)c1ccccc1Cl. The Bertz CT molecular complexity index is 946. The lowest BCUT2D eigenvalue weighted by Gasteiger charge is -2.21. The molecule has 6 nitrogen and oxygen atoms in total.